The number of oxazole rings is 1. The maximum Gasteiger partial charge on any atom is 0.276 e. The number of nitrogens with zero attached hydrogens (tertiary/aromatic N) is 3. The number of hydrogen-bond acceptors (Lipinski definition) is 7. The van der Waals surface area contributed by atoms with Crippen molar-refractivity contribution in [1.82, 2.24) is 19.6 Å². The molecule has 1 saturated heterocycles. The molecule has 134 valence electrons. The summed E-state index contributed by atoms with van der Waals surface area (Å²) in [6, 6.07) is -0.634. The number of β-amino-alcohol motifs (C(OH)–C–C–N with tert-alkyl or cyclic N) is 1. The van der Waals surface area contributed by atoms with Crippen molar-refractivity contribution < 1.29 is 19.1 Å². The second-order valence-corrected chi connectivity index (χ2v) is 6.96. The van der Waals surface area contributed by atoms with Crippen LogP contribution in [0.25, 0.3) is 0 Å². The summed E-state index contributed by atoms with van der Waals surface area (Å²) in [6.07, 6.45) is 0.836. The number of rotatable bonds is 4. The van der Waals surface area contributed by atoms with Gasteiger partial charge in [-0.05, 0) is 11.5 Å². The van der Waals surface area contributed by atoms with E-state index in [2.05, 4.69) is 14.7 Å². The second kappa shape index (κ2) is 7.28. The fraction of sp³-hybridized carbons (Fsp3) is 0.429. The molecule has 0 aliphatic carbocycles. The van der Waals surface area contributed by atoms with Crippen molar-refractivity contribution in [2.24, 2.45) is 0 Å². The molecular weight excluding hydrogens is 391 g/mol. The van der Waals surface area contributed by atoms with Gasteiger partial charge in [0.15, 0.2) is 17.2 Å². The molecule has 2 amide bonds. The summed E-state index contributed by atoms with van der Waals surface area (Å²) in [7, 11) is 0. The van der Waals surface area contributed by atoms with Crippen LogP contribution in [0.4, 0.5) is 0 Å². The maximum atomic E-state index is 12.5. The van der Waals surface area contributed by atoms with Gasteiger partial charge in [0.05, 0.1) is 12.1 Å². The highest BCUT2D eigenvalue weighted by Gasteiger charge is 2.37. The number of aromatic nitrogens is 2. The number of amides is 2. The zero-order chi connectivity index (χ0) is 18.1. The first kappa shape index (κ1) is 18.1. The van der Waals surface area contributed by atoms with Crippen molar-refractivity contribution in [2.45, 2.75) is 25.5 Å². The Hall–Kier alpha value is -1.68. The van der Waals surface area contributed by atoms with Crippen LogP contribution in [0.15, 0.2) is 10.8 Å². The average Bonchev–Trinajstić information content (AvgIpc) is 3.28. The van der Waals surface area contributed by atoms with Gasteiger partial charge in [-0.15, -0.1) is 0 Å². The summed E-state index contributed by atoms with van der Waals surface area (Å²) >= 11 is 12.5. The zero-order valence-electron chi connectivity index (χ0n) is 13.0. The molecule has 0 radical (unpaired) electrons. The third-order valence-electron chi connectivity index (χ3n) is 3.86. The Kier molecular flexibility index (Phi) is 5.28. The SMILES string of the molecule is CCc1ocnc1C(=O)N1C[C@@H](O)[C@@H](NC(=O)c2snc(Cl)c2Cl)C1. The van der Waals surface area contributed by atoms with E-state index < -0.39 is 18.1 Å². The maximum absolute atomic E-state index is 12.5. The lowest BCUT2D eigenvalue weighted by molar-refractivity contribution is 0.0757. The number of likely N-dealkylation sites (tertiary alicyclic amines) is 1. The largest absolute Gasteiger partial charge is 0.448 e. The molecule has 0 bridgehead atoms. The number of halogens is 2. The van der Waals surface area contributed by atoms with Gasteiger partial charge in [-0.1, -0.05) is 30.1 Å². The summed E-state index contributed by atoms with van der Waals surface area (Å²) in [5.41, 5.74) is 0.221. The summed E-state index contributed by atoms with van der Waals surface area (Å²) in [4.78, 5) is 30.3. The third kappa shape index (κ3) is 3.50. The van der Waals surface area contributed by atoms with Gasteiger partial charge >= 0.3 is 0 Å². The lowest BCUT2D eigenvalue weighted by Gasteiger charge is -2.16. The topological polar surface area (TPSA) is 109 Å². The Balaban J connectivity index is 1.68. The highest BCUT2D eigenvalue weighted by molar-refractivity contribution is 7.09. The smallest absolute Gasteiger partial charge is 0.276 e. The molecule has 0 spiro atoms. The number of aliphatic hydroxyl groups excluding tert-OH is 1. The Morgan fingerprint density at radius 3 is 2.88 bits per heavy atom. The van der Waals surface area contributed by atoms with E-state index in [0.29, 0.717) is 12.2 Å². The standard InChI is InChI=1S/C14H14Cl2N4O4S/c1-2-8-10(17-5-24-8)14(23)20-3-6(7(21)4-20)18-13(22)11-9(15)12(16)19-25-11/h5-7,21H,2-4H2,1H3,(H,18,22)/t6-,7+/m0/s1. The van der Waals surface area contributed by atoms with E-state index in [9.17, 15) is 14.7 Å². The van der Waals surface area contributed by atoms with E-state index in [1.165, 1.54) is 11.3 Å². The summed E-state index contributed by atoms with van der Waals surface area (Å²) in [5, 5.41) is 13.0. The molecule has 2 N–H and O–H groups in total. The molecular formula is C14H14Cl2N4O4S. The van der Waals surface area contributed by atoms with Gasteiger partial charge in [0.1, 0.15) is 15.7 Å². The van der Waals surface area contributed by atoms with Gasteiger partial charge in [-0.25, -0.2) is 4.98 Å². The molecule has 0 saturated carbocycles. The van der Waals surface area contributed by atoms with Gasteiger partial charge in [0.2, 0.25) is 0 Å². The van der Waals surface area contributed by atoms with E-state index in [0.717, 1.165) is 11.5 Å². The van der Waals surface area contributed by atoms with Crippen LogP contribution in [0.2, 0.25) is 10.2 Å². The normalized spacial score (nSPS) is 20.1. The van der Waals surface area contributed by atoms with Gasteiger partial charge in [0, 0.05) is 19.5 Å². The van der Waals surface area contributed by atoms with Crippen LogP contribution in [0.1, 0.15) is 32.8 Å². The molecule has 0 unspecified atom stereocenters. The average molecular weight is 405 g/mol. The molecule has 8 nitrogen and oxygen atoms in total. The number of hydrogen-bond donors (Lipinski definition) is 2. The lowest BCUT2D eigenvalue weighted by atomic mass is 10.2. The zero-order valence-corrected chi connectivity index (χ0v) is 15.4. The van der Waals surface area contributed by atoms with Crippen LogP contribution in [-0.2, 0) is 6.42 Å². The first-order chi connectivity index (χ1) is 11.9. The van der Waals surface area contributed by atoms with Crippen LogP contribution >= 0.6 is 34.7 Å². The van der Waals surface area contributed by atoms with Crippen molar-refractivity contribution >= 4 is 46.5 Å². The number of nitrogens with one attached hydrogen (secondary N) is 1. The Bertz CT molecular complexity index is 809. The summed E-state index contributed by atoms with van der Waals surface area (Å²) < 4.78 is 8.96. The molecule has 1 aliphatic rings. The Morgan fingerprint density at radius 2 is 2.24 bits per heavy atom. The van der Waals surface area contributed by atoms with Gasteiger partial charge < -0.3 is 19.7 Å². The number of aliphatic hydroxyl groups is 1. The van der Waals surface area contributed by atoms with Crippen LogP contribution in [0.5, 0.6) is 0 Å². The highest BCUT2D eigenvalue weighted by Crippen LogP contribution is 2.28. The van der Waals surface area contributed by atoms with Crippen LogP contribution < -0.4 is 5.32 Å². The highest BCUT2D eigenvalue weighted by atomic mass is 35.5. The number of carbonyl (C=O) groups is 2. The minimum absolute atomic E-state index is 0.0544. The Morgan fingerprint density at radius 1 is 1.48 bits per heavy atom. The van der Waals surface area contributed by atoms with E-state index in [-0.39, 0.29) is 39.7 Å². The first-order valence-corrected chi connectivity index (χ1v) is 8.96. The minimum Gasteiger partial charge on any atom is -0.448 e. The van der Waals surface area contributed by atoms with E-state index >= 15 is 0 Å². The number of carbonyl (C=O) groups excluding carboxylic acids is 2. The predicted molar refractivity (Wildman–Crippen MR) is 91.2 cm³/mol. The van der Waals surface area contributed by atoms with E-state index in [1.807, 2.05) is 6.92 Å². The van der Waals surface area contributed by atoms with Crippen molar-refractivity contribution in [3.8, 4) is 0 Å². The first-order valence-electron chi connectivity index (χ1n) is 7.43. The fourth-order valence-corrected chi connectivity index (χ4v) is 3.69. The quantitative estimate of drug-likeness (QED) is 0.800. The molecule has 2 aromatic heterocycles. The predicted octanol–water partition coefficient (Wildman–Crippen LogP) is 1.62. The molecule has 1 aliphatic heterocycles. The van der Waals surface area contributed by atoms with Crippen molar-refractivity contribution in [1.29, 1.82) is 0 Å². The van der Waals surface area contributed by atoms with E-state index in [4.69, 9.17) is 27.6 Å². The molecule has 3 heterocycles. The second-order valence-electron chi connectivity index (χ2n) is 5.45. The van der Waals surface area contributed by atoms with Crippen molar-refractivity contribution in [2.75, 3.05) is 13.1 Å². The molecule has 0 aromatic carbocycles. The number of aryl methyl sites for hydroxylation is 1. The Labute approximate surface area is 156 Å². The van der Waals surface area contributed by atoms with Crippen LogP contribution in [0.3, 0.4) is 0 Å². The molecule has 3 rings (SSSR count). The molecule has 1 fully saturated rings. The van der Waals surface area contributed by atoms with Gasteiger partial charge in [0.25, 0.3) is 11.8 Å². The molecule has 25 heavy (non-hydrogen) atoms. The van der Waals surface area contributed by atoms with Crippen LogP contribution in [0, 0.1) is 0 Å². The molecule has 2 aromatic rings. The summed E-state index contributed by atoms with van der Waals surface area (Å²) in [5.74, 6) is -0.359. The van der Waals surface area contributed by atoms with Gasteiger partial charge in [-0.2, -0.15) is 4.37 Å². The van der Waals surface area contributed by atoms with E-state index in [1.54, 1.807) is 0 Å². The van der Waals surface area contributed by atoms with Crippen LogP contribution in [-0.4, -0.2) is 56.4 Å². The lowest BCUT2D eigenvalue weighted by Crippen LogP contribution is -2.42. The monoisotopic (exact) mass is 404 g/mol. The fourth-order valence-electron chi connectivity index (χ4n) is 2.57. The third-order valence-corrected chi connectivity index (χ3v) is 5.66. The molecule has 2 atom stereocenters. The minimum atomic E-state index is -0.910. The summed E-state index contributed by atoms with van der Waals surface area (Å²) in [6.45, 7) is 2.08. The van der Waals surface area contributed by atoms with Gasteiger partial charge in [-0.3, -0.25) is 9.59 Å². The van der Waals surface area contributed by atoms with Crippen molar-refractivity contribution in [3.63, 3.8) is 0 Å². The van der Waals surface area contributed by atoms with Crippen molar-refractivity contribution in [3.05, 3.63) is 32.9 Å². The molecule has 11 heteroatoms.